The Morgan fingerprint density at radius 2 is 2.10 bits per heavy atom. The van der Waals surface area contributed by atoms with Crippen LogP contribution in [0.5, 0.6) is 5.75 Å². The number of methoxy groups -OCH3 is 1. The number of ether oxygens (including phenoxy) is 1. The lowest BCUT2D eigenvalue weighted by atomic mass is 10.2. The summed E-state index contributed by atoms with van der Waals surface area (Å²) < 4.78 is 8.15. The highest BCUT2D eigenvalue weighted by molar-refractivity contribution is 5.92. The van der Waals surface area contributed by atoms with Crippen LogP contribution < -0.4 is 15.6 Å². The number of pyridine rings is 1. The van der Waals surface area contributed by atoms with Crippen molar-refractivity contribution in [1.29, 1.82) is 0 Å². The fourth-order valence-electron chi connectivity index (χ4n) is 3.35. The average Bonchev–Trinajstić information content (AvgIpc) is 3.42. The standard InChI is InChI=1S/C20H24N6O3/c1-11(2)19-24-25(20(28)16-9-15(13-5-6-13)23-26(16)19)10-17(27)22-14-7-8-21-12(3)18(14)29-4/h7-9,11,13H,5-6,10H2,1-4H3,(H,21,22,27). The van der Waals surface area contributed by atoms with Crippen LogP contribution in [0.25, 0.3) is 5.52 Å². The van der Waals surface area contributed by atoms with E-state index in [-0.39, 0.29) is 23.9 Å². The maximum atomic E-state index is 12.9. The Hall–Kier alpha value is -3.23. The fourth-order valence-corrected chi connectivity index (χ4v) is 3.35. The maximum Gasteiger partial charge on any atom is 0.293 e. The normalized spacial score (nSPS) is 13.8. The minimum atomic E-state index is -0.371. The Bertz CT molecular complexity index is 1140. The van der Waals surface area contributed by atoms with Crippen molar-refractivity contribution in [2.75, 3.05) is 12.4 Å². The molecule has 3 aromatic rings. The maximum absolute atomic E-state index is 12.9. The summed E-state index contributed by atoms with van der Waals surface area (Å²) in [7, 11) is 1.52. The first-order chi connectivity index (χ1) is 13.9. The molecule has 1 aliphatic carbocycles. The third-order valence-corrected chi connectivity index (χ3v) is 4.99. The topological polar surface area (TPSA) is 103 Å². The number of fused-ring (bicyclic) bond motifs is 1. The first-order valence-electron chi connectivity index (χ1n) is 9.69. The van der Waals surface area contributed by atoms with Crippen molar-refractivity contribution in [3.05, 3.63) is 45.9 Å². The Labute approximate surface area is 167 Å². The number of aromatic nitrogens is 5. The minimum absolute atomic E-state index is 0.0438. The lowest BCUT2D eigenvalue weighted by molar-refractivity contribution is -0.117. The fraction of sp³-hybridized carbons (Fsp3) is 0.450. The second-order valence-electron chi connectivity index (χ2n) is 7.64. The van der Waals surface area contributed by atoms with E-state index in [2.05, 4.69) is 20.5 Å². The van der Waals surface area contributed by atoms with E-state index in [4.69, 9.17) is 4.74 Å². The van der Waals surface area contributed by atoms with Crippen molar-refractivity contribution in [2.24, 2.45) is 0 Å². The number of anilines is 1. The molecule has 0 radical (unpaired) electrons. The number of nitrogens with zero attached hydrogens (tertiary/aromatic N) is 5. The highest BCUT2D eigenvalue weighted by Gasteiger charge is 2.28. The van der Waals surface area contributed by atoms with Gasteiger partial charge in [-0.1, -0.05) is 13.8 Å². The van der Waals surface area contributed by atoms with Crippen LogP contribution in [0.2, 0.25) is 0 Å². The molecule has 4 rings (SSSR count). The Morgan fingerprint density at radius 1 is 1.34 bits per heavy atom. The van der Waals surface area contributed by atoms with Crippen molar-refractivity contribution < 1.29 is 9.53 Å². The molecular weight excluding hydrogens is 372 g/mol. The summed E-state index contributed by atoms with van der Waals surface area (Å²) in [5.74, 6) is 1.24. The van der Waals surface area contributed by atoms with Crippen LogP contribution in [0.1, 0.15) is 55.7 Å². The van der Waals surface area contributed by atoms with Gasteiger partial charge in [0.15, 0.2) is 11.6 Å². The van der Waals surface area contributed by atoms with Gasteiger partial charge >= 0.3 is 0 Å². The first kappa shape index (κ1) is 19.1. The van der Waals surface area contributed by atoms with Crippen molar-refractivity contribution in [1.82, 2.24) is 24.4 Å². The van der Waals surface area contributed by atoms with Crippen LogP contribution in [0.3, 0.4) is 0 Å². The van der Waals surface area contributed by atoms with Gasteiger partial charge in [0.05, 0.1) is 24.2 Å². The lowest BCUT2D eigenvalue weighted by Gasteiger charge is -2.13. The monoisotopic (exact) mass is 396 g/mol. The molecule has 0 spiro atoms. The molecule has 9 heteroatoms. The van der Waals surface area contributed by atoms with Gasteiger partial charge in [-0.15, -0.1) is 0 Å². The largest absolute Gasteiger partial charge is 0.493 e. The summed E-state index contributed by atoms with van der Waals surface area (Å²) in [4.78, 5) is 29.7. The van der Waals surface area contributed by atoms with Gasteiger partial charge in [0.25, 0.3) is 5.56 Å². The van der Waals surface area contributed by atoms with Crippen LogP contribution in [0, 0.1) is 6.92 Å². The second-order valence-corrected chi connectivity index (χ2v) is 7.64. The molecule has 9 nitrogen and oxygen atoms in total. The quantitative estimate of drug-likeness (QED) is 0.685. The number of aryl methyl sites for hydroxylation is 1. The molecule has 1 aliphatic rings. The third kappa shape index (κ3) is 3.59. The zero-order valence-electron chi connectivity index (χ0n) is 17.0. The Kier molecular flexibility index (Phi) is 4.81. The van der Waals surface area contributed by atoms with Crippen LogP contribution >= 0.6 is 0 Å². The molecule has 0 aliphatic heterocycles. The molecule has 3 heterocycles. The van der Waals surface area contributed by atoms with Crippen molar-refractivity contribution in [3.8, 4) is 5.75 Å². The zero-order chi connectivity index (χ0) is 20.7. The molecule has 3 aromatic heterocycles. The van der Waals surface area contributed by atoms with E-state index in [0.717, 1.165) is 18.5 Å². The summed E-state index contributed by atoms with van der Waals surface area (Å²) >= 11 is 0. The molecule has 0 aromatic carbocycles. The predicted molar refractivity (Wildman–Crippen MR) is 107 cm³/mol. The predicted octanol–water partition coefficient (Wildman–Crippen LogP) is 2.24. The van der Waals surface area contributed by atoms with Crippen LogP contribution in [-0.4, -0.2) is 37.4 Å². The van der Waals surface area contributed by atoms with E-state index in [0.29, 0.717) is 34.4 Å². The molecule has 152 valence electrons. The van der Waals surface area contributed by atoms with E-state index in [1.165, 1.54) is 11.8 Å². The van der Waals surface area contributed by atoms with Gasteiger partial charge in [0.2, 0.25) is 5.91 Å². The summed E-state index contributed by atoms with van der Waals surface area (Å²) in [6, 6.07) is 3.48. The van der Waals surface area contributed by atoms with Crippen molar-refractivity contribution >= 4 is 17.1 Å². The van der Waals surface area contributed by atoms with Gasteiger partial charge in [-0.25, -0.2) is 9.20 Å². The summed E-state index contributed by atoms with van der Waals surface area (Å²) in [5, 5.41) is 11.8. The molecule has 1 N–H and O–H groups in total. The van der Waals surface area contributed by atoms with Gasteiger partial charge < -0.3 is 10.1 Å². The number of carbonyl (C=O) groups is 1. The molecule has 1 saturated carbocycles. The SMILES string of the molecule is COc1c(NC(=O)Cn2nc(C(C)C)n3nc(C4CC4)cc3c2=O)ccnc1C. The van der Waals surface area contributed by atoms with Gasteiger partial charge in [0.1, 0.15) is 12.1 Å². The highest BCUT2D eigenvalue weighted by Crippen LogP contribution is 2.39. The van der Waals surface area contributed by atoms with E-state index in [1.807, 2.05) is 19.9 Å². The molecule has 0 unspecified atom stereocenters. The summed E-state index contributed by atoms with van der Waals surface area (Å²) in [6.45, 7) is 5.56. The lowest BCUT2D eigenvalue weighted by Crippen LogP contribution is -2.32. The van der Waals surface area contributed by atoms with Crippen LogP contribution in [0.4, 0.5) is 5.69 Å². The highest BCUT2D eigenvalue weighted by atomic mass is 16.5. The minimum Gasteiger partial charge on any atom is -0.493 e. The molecule has 1 amide bonds. The van der Waals surface area contributed by atoms with Crippen LogP contribution in [-0.2, 0) is 11.3 Å². The van der Waals surface area contributed by atoms with E-state index < -0.39 is 0 Å². The molecule has 0 bridgehead atoms. The van der Waals surface area contributed by atoms with Crippen molar-refractivity contribution in [3.63, 3.8) is 0 Å². The van der Waals surface area contributed by atoms with Gasteiger partial charge in [-0.2, -0.15) is 10.2 Å². The zero-order valence-corrected chi connectivity index (χ0v) is 17.0. The third-order valence-electron chi connectivity index (χ3n) is 4.99. The average molecular weight is 396 g/mol. The van der Waals surface area contributed by atoms with Gasteiger partial charge in [-0.05, 0) is 31.9 Å². The molecule has 0 saturated heterocycles. The number of hydrogen-bond donors (Lipinski definition) is 1. The summed E-state index contributed by atoms with van der Waals surface area (Å²) in [5.41, 5.74) is 2.21. The molecule has 0 atom stereocenters. The number of nitrogens with one attached hydrogen (secondary N) is 1. The van der Waals surface area contributed by atoms with Gasteiger partial charge in [-0.3, -0.25) is 14.6 Å². The number of rotatable bonds is 6. The number of amides is 1. The Morgan fingerprint density at radius 3 is 2.76 bits per heavy atom. The smallest absolute Gasteiger partial charge is 0.293 e. The van der Waals surface area contributed by atoms with E-state index in [9.17, 15) is 9.59 Å². The molecular formula is C20H24N6O3. The Balaban J connectivity index is 1.67. The second kappa shape index (κ2) is 7.31. The number of carbonyl (C=O) groups excluding carboxylic acids is 1. The summed E-state index contributed by atoms with van der Waals surface area (Å²) in [6.07, 6.45) is 3.78. The van der Waals surface area contributed by atoms with Crippen molar-refractivity contribution in [2.45, 2.75) is 52.0 Å². The van der Waals surface area contributed by atoms with E-state index >= 15 is 0 Å². The van der Waals surface area contributed by atoms with Gasteiger partial charge in [0, 0.05) is 18.0 Å². The number of hydrogen-bond acceptors (Lipinski definition) is 6. The molecule has 1 fully saturated rings. The van der Waals surface area contributed by atoms with Crippen LogP contribution in [0.15, 0.2) is 23.1 Å². The van der Waals surface area contributed by atoms with E-state index in [1.54, 1.807) is 23.7 Å². The first-order valence-corrected chi connectivity index (χ1v) is 9.69. The molecule has 29 heavy (non-hydrogen) atoms.